The minimum absolute atomic E-state index is 0.0134. The normalized spacial score (nSPS) is 12.9. The van der Waals surface area contributed by atoms with Gasteiger partial charge in [-0.15, -0.1) is 0 Å². The number of hydrogen-bond donors (Lipinski definition) is 0. The Bertz CT molecular complexity index is 155. The van der Waals surface area contributed by atoms with Gasteiger partial charge >= 0.3 is 5.97 Å². The molecule has 0 aromatic carbocycles. The van der Waals surface area contributed by atoms with E-state index in [0.29, 0.717) is 13.0 Å². The summed E-state index contributed by atoms with van der Waals surface area (Å²) in [5.74, 6) is -0.119. The van der Waals surface area contributed by atoms with E-state index in [9.17, 15) is 4.79 Å². The van der Waals surface area contributed by atoms with Crippen LogP contribution in [0.5, 0.6) is 0 Å². The van der Waals surface area contributed by atoms with Gasteiger partial charge in [0.1, 0.15) is 6.61 Å². The average Bonchev–Trinajstić information content (AvgIpc) is 2.10. The Morgan fingerprint density at radius 3 is 2.43 bits per heavy atom. The van der Waals surface area contributed by atoms with E-state index in [0.717, 1.165) is 12.8 Å². The molecule has 0 aliphatic rings. The lowest BCUT2D eigenvalue weighted by molar-refractivity contribution is -0.148. The second-order valence-corrected chi connectivity index (χ2v) is 3.78. The molecule has 0 aliphatic heterocycles. The molecule has 0 aromatic rings. The highest BCUT2D eigenvalue weighted by Crippen LogP contribution is 2.01. The van der Waals surface area contributed by atoms with Crippen LogP contribution in [0.15, 0.2) is 0 Å². The van der Waals surface area contributed by atoms with Gasteiger partial charge in [0.25, 0.3) is 0 Å². The van der Waals surface area contributed by atoms with Gasteiger partial charge in [0, 0.05) is 6.42 Å². The van der Waals surface area contributed by atoms with Crippen molar-refractivity contribution in [3.8, 4) is 0 Å². The van der Waals surface area contributed by atoms with Crippen molar-refractivity contribution in [2.75, 3.05) is 6.61 Å². The zero-order valence-electron chi connectivity index (χ0n) is 9.71. The first-order valence-electron chi connectivity index (χ1n) is 5.37. The highest BCUT2D eigenvalue weighted by atomic mass is 16.6. The molecule has 0 aromatic heterocycles. The van der Waals surface area contributed by atoms with Gasteiger partial charge < -0.3 is 9.47 Å². The van der Waals surface area contributed by atoms with Gasteiger partial charge in [0.15, 0.2) is 0 Å². The second kappa shape index (κ2) is 7.80. The number of esters is 1. The zero-order chi connectivity index (χ0) is 11.0. The average molecular weight is 202 g/mol. The molecule has 1 unspecified atom stereocenters. The Morgan fingerprint density at radius 2 is 1.93 bits per heavy atom. The van der Waals surface area contributed by atoms with Gasteiger partial charge in [0.2, 0.25) is 0 Å². The summed E-state index contributed by atoms with van der Waals surface area (Å²) in [5.41, 5.74) is 0. The van der Waals surface area contributed by atoms with E-state index in [1.807, 2.05) is 20.8 Å². The van der Waals surface area contributed by atoms with E-state index in [-0.39, 0.29) is 18.2 Å². The van der Waals surface area contributed by atoms with Crippen molar-refractivity contribution in [3.63, 3.8) is 0 Å². The molecule has 1 atom stereocenters. The van der Waals surface area contributed by atoms with Crippen LogP contribution in [0.1, 0.15) is 47.0 Å². The molecule has 0 rings (SSSR count). The highest BCUT2D eigenvalue weighted by molar-refractivity contribution is 5.69. The molecule has 0 saturated carbocycles. The number of carbonyl (C=O) groups is 1. The van der Waals surface area contributed by atoms with E-state index in [1.54, 1.807) is 0 Å². The summed E-state index contributed by atoms with van der Waals surface area (Å²) in [6.07, 6.45) is 2.61. The Labute approximate surface area is 86.8 Å². The van der Waals surface area contributed by atoms with Gasteiger partial charge in [-0.25, -0.2) is 0 Å². The molecule has 0 fully saturated rings. The molecular weight excluding hydrogens is 180 g/mol. The van der Waals surface area contributed by atoms with E-state index in [2.05, 4.69) is 6.92 Å². The lowest BCUT2D eigenvalue weighted by Gasteiger charge is -2.15. The number of hydrogen-bond acceptors (Lipinski definition) is 3. The molecule has 0 heterocycles. The van der Waals surface area contributed by atoms with Gasteiger partial charge in [-0.3, -0.25) is 4.79 Å². The maximum absolute atomic E-state index is 11.1. The maximum Gasteiger partial charge on any atom is 0.305 e. The summed E-state index contributed by atoms with van der Waals surface area (Å²) < 4.78 is 10.5. The minimum atomic E-state index is -0.119. The van der Waals surface area contributed by atoms with Gasteiger partial charge in [-0.2, -0.15) is 0 Å². The first kappa shape index (κ1) is 13.4. The van der Waals surface area contributed by atoms with E-state index < -0.39 is 0 Å². The van der Waals surface area contributed by atoms with Crippen LogP contribution in [-0.4, -0.2) is 24.8 Å². The van der Waals surface area contributed by atoms with Crippen molar-refractivity contribution >= 4 is 5.97 Å². The summed E-state index contributed by atoms with van der Waals surface area (Å²) in [6, 6.07) is 0. The Morgan fingerprint density at radius 1 is 1.29 bits per heavy atom. The van der Waals surface area contributed by atoms with Crippen LogP contribution >= 0.6 is 0 Å². The summed E-state index contributed by atoms with van der Waals surface area (Å²) in [5, 5.41) is 0. The number of unbranched alkanes of at least 4 members (excludes halogenated alkanes) is 1. The summed E-state index contributed by atoms with van der Waals surface area (Å²) in [6.45, 7) is 8.26. The third-order valence-electron chi connectivity index (χ3n) is 1.72. The highest BCUT2D eigenvalue weighted by Gasteiger charge is 2.08. The summed E-state index contributed by atoms with van der Waals surface area (Å²) in [4.78, 5) is 11.1. The van der Waals surface area contributed by atoms with Gasteiger partial charge in [-0.1, -0.05) is 13.3 Å². The zero-order valence-corrected chi connectivity index (χ0v) is 9.71. The summed E-state index contributed by atoms with van der Waals surface area (Å²) >= 11 is 0. The van der Waals surface area contributed by atoms with Crippen LogP contribution in [0.3, 0.4) is 0 Å². The van der Waals surface area contributed by atoms with Gasteiger partial charge in [0.05, 0.1) is 12.2 Å². The van der Waals surface area contributed by atoms with Crippen molar-refractivity contribution < 1.29 is 14.3 Å². The monoisotopic (exact) mass is 202 g/mol. The molecule has 0 amide bonds. The van der Waals surface area contributed by atoms with E-state index in [4.69, 9.17) is 9.47 Å². The predicted molar refractivity (Wildman–Crippen MR) is 56.2 cm³/mol. The molecular formula is C11H22O3. The van der Waals surface area contributed by atoms with Crippen molar-refractivity contribution in [2.24, 2.45) is 0 Å². The molecule has 3 heteroatoms. The molecule has 14 heavy (non-hydrogen) atoms. The molecule has 0 radical (unpaired) electrons. The third kappa shape index (κ3) is 8.05. The standard InChI is InChI=1S/C11H22O3/c1-5-6-7-11(12)13-8-10(4)14-9(2)3/h9-10H,5-8H2,1-4H3. The van der Waals surface area contributed by atoms with Crippen molar-refractivity contribution in [1.29, 1.82) is 0 Å². The molecule has 0 aliphatic carbocycles. The van der Waals surface area contributed by atoms with E-state index in [1.165, 1.54) is 0 Å². The first-order chi connectivity index (χ1) is 6.56. The SMILES string of the molecule is CCCCC(=O)OCC(C)OC(C)C. The maximum atomic E-state index is 11.1. The molecule has 84 valence electrons. The second-order valence-electron chi connectivity index (χ2n) is 3.78. The predicted octanol–water partition coefficient (Wildman–Crippen LogP) is 2.53. The van der Waals surface area contributed by atoms with Crippen LogP contribution in [-0.2, 0) is 14.3 Å². The fourth-order valence-electron chi connectivity index (χ4n) is 1.11. The quantitative estimate of drug-likeness (QED) is 0.595. The third-order valence-corrected chi connectivity index (χ3v) is 1.72. The minimum Gasteiger partial charge on any atom is -0.463 e. The van der Waals surface area contributed by atoms with Gasteiger partial charge in [-0.05, 0) is 27.2 Å². The van der Waals surface area contributed by atoms with Crippen molar-refractivity contribution in [2.45, 2.75) is 59.2 Å². The van der Waals surface area contributed by atoms with Crippen LogP contribution in [0.25, 0.3) is 0 Å². The van der Waals surface area contributed by atoms with Crippen LogP contribution in [0, 0.1) is 0 Å². The molecule has 0 saturated heterocycles. The molecule has 0 spiro atoms. The van der Waals surface area contributed by atoms with E-state index >= 15 is 0 Å². The topological polar surface area (TPSA) is 35.5 Å². The first-order valence-corrected chi connectivity index (χ1v) is 5.37. The Kier molecular flexibility index (Phi) is 7.48. The summed E-state index contributed by atoms with van der Waals surface area (Å²) in [7, 11) is 0. The largest absolute Gasteiger partial charge is 0.463 e. The number of ether oxygens (including phenoxy) is 2. The molecule has 0 bridgehead atoms. The number of carbonyl (C=O) groups excluding carboxylic acids is 1. The lowest BCUT2D eigenvalue weighted by Crippen LogP contribution is -2.22. The molecule has 3 nitrogen and oxygen atoms in total. The lowest BCUT2D eigenvalue weighted by atomic mass is 10.2. The Balaban J connectivity index is 3.45. The fourth-order valence-corrected chi connectivity index (χ4v) is 1.11. The fraction of sp³-hybridized carbons (Fsp3) is 0.909. The Hall–Kier alpha value is -0.570. The smallest absolute Gasteiger partial charge is 0.305 e. The van der Waals surface area contributed by atoms with Crippen molar-refractivity contribution in [3.05, 3.63) is 0 Å². The van der Waals surface area contributed by atoms with Crippen LogP contribution < -0.4 is 0 Å². The number of rotatable bonds is 7. The van der Waals surface area contributed by atoms with Crippen LogP contribution in [0.4, 0.5) is 0 Å². The molecule has 0 N–H and O–H groups in total. The van der Waals surface area contributed by atoms with Crippen LogP contribution in [0.2, 0.25) is 0 Å². The van der Waals surface area contributed by atoms with Crippen molar-refractivity contribution in [1.82, 2.24) is 0 Å².